The van der Waals surface area contributed by atoms with Crippen molar-refractivity contribution in [3.63, 3.8) is 0 Å². The van der Waals surface area contributed by atoms with Crippen molar-refractivity contribution < 1.29 is 22.7 Å². The topological polar surface area (TPSA) is 93.7 Å². The number of methoxy groups -OCH3 is 2. The van der Waals surface area contributed by atoms with Gasteiger partial charge in [-0.3, -0.25) is 9.52 Å². The smallest absolute Gasteiger partial charge is 0.262 e. The van der Waals surface area contributed by atoms with Crippen LogP contribution in [-0.2, 0) is 14.8 Å². The molecule has 0 aliphatic heterocycles. The van der Waals surface area contributed by atoms with Gasteiger partial charge in [0, 0.05) is 11.8 Å². The predicted octanol–water partition coefficient (Wildman–Crippen LogP) is 4.16. The minimum atomic E-state index is -3.81. The molecule has 0 aliphatic rings. The molecule has 0 spiro atoms. The van der Waals surface area contributed by atoms with Gasteiger partial charge in [0.25, 0.3) is 10.0 Å². The number of hydrogen-bond donors (Lipinski definition) is 2. The molecule has 0 unspecified atom stereocenters. The molecule has 31 heavy (non-hydrogen) atoms. The summed E-state index contributed by atoms with van der Waals surface area (Å²) in [5.74, 6) is 0.768. The molecule has 0 bridgehead atoms. The van der Waals surface area contributed by atoms with E-state index in [1.807, 2.05) is 18.2 Å². The zero-order valence-corrected chi connectivity index (χ0v) is 17.8. The van der Waals surface area contributed by atoms with E-state index in [0.29, 0.717) is 22.9 Å². The minimum absolute atomic E-state index is 0.0586. The standard InChI is InChI=1S/C23H22N2O5S/c1-29-19-7-5-6-17(16-19)10-15-23(26)24-18-11-13-20(14-12-18)31(27,28)25-21-8-3-4-9-22(21)30-2/h3-16,25H,1-2H3,(H,24,26)/b15-10+. The van der Waals surface area contributed by atoms with E-state index in [0.717, 1.165) is 5.56 Å². The van der Waals surface area contributed by atoms with Crippen LogP contribution in [0.15, 0.2) is 83.8 Å². The molecule has 1 amide bonds. The summed E-state index contributed by atoms with van der Waals surface area (Å²) in [6.45, 7) is 0. The summed E-state index contributed by atoms with van der Waals surface area (Å²) in [4.78, 5) is 12.2. The number of hydrogen-bond acceptors (Lipinski definition) is 5. The fourth-order valence-electron chi connectivity index (χ4n) is 2.75. The van der Waals surface area contributed by atoms with Gasteiger partial charge in [0.05, 0.1) is 24.8 Å². The van der Waals surface area contributed by atoms with Crippen LogP contribution in [0.4, 0.5) is 11.4 Å². The fraction of sp³-hybridized carbons (Fsp3) is 0.0870. The highest BCUT2D eigenvalue weighted by Gasteiger charge is 2.16. The molecule has 0 saturated carbocycles. The average Bonchev–Trinajstić information content (AvgIpc) is 2.78. The van der Waals surface area contributed by atoms with E-state index in [9.17, 15) is 13.2 Å². The maximum absolute atomic E-state index is 12.6. The molecule has 0 aromatic heterocycles. The van der Waals surface area contributed by atoms with Crippen molar-refractivity contribution in [3.8, 4) is 11.5 Å². The van der Waals surface area contributed by atoms with Gasteiger partial charge in [-0.15, -0.1) is 0 Å². The average molecular weight is 439 g/mol. The summed E-state index contributed by atoms with van der Waals surface area (Å²) in [6, 6.07) is 19.9. The second kappa shape index (κ2) is 9.82. The molecule has 160 valence electrons. The maximum Gasteiger partial charge on any atom is 0.262 e. The van der Waals surface area contributed by atoms with Crippen LogP contribution in [0, 0.1) is 0 Å². The Labute approximate surface area is 181 Å². The van der Waals surface area contributed by atoms with Crippen molar-refractivity contribution in [2.45, 2.75) is 4.90 Å². The van der Waals surface area contributed by atoms with Gasteiger partial charge in [0.2, 0.25) is 5.91 Å². The first kappa shape index (κ1) is 21.9. The molecule has 0 aliphatic carbocycles. The third-order valence-corrected chi connectivity index (χ3v) is 5.69. The van der Waals surface area contributed by atoms with E-state index in [1.165, 1.54) is 37.5 Å². The molecule has 7 nitrogen and oxygen atoms in total. The predicted molar refractivity (Wildman–Crippen MR) is 121 cm³/mol. The number of anilines is 2. The van der Waals surface area contributed by atoms with Crippen LogP contribution >= 0.6 is 0 Å². The first-order valence-electron chi connectivity index (χ1n) is 9.30. The van der Waals surface area contributed by atoms with Crippen molar-refractivity contribution in [2.24, 2.45) is 0 Å². The number of rotatable bonds is 8. The summed E-state index contributed by atoms with van der Waals surface area (Å²) in [6.07, 6.45) is 3.05. The zero-order valence-electron chi connectivity index (χ0n) is 17.0. The highest BCUT2D eigenvalue weighted by molar-refractivity contribution is 7.92. The van der Waals surface area contributed by atoms with Crippen LogP contribution in [0.25, 0.3) is 6.08 Å². The van der Waals surface area contributed by atoms with Crippen molar-refractivity contribution in [2.75, 3.05) is 24.3 Å². The van der Waals surface area contributed by atoms with Gasteiger partial charge in [0.1, 0.15) is 11.5 Å². The lowest BCUT2D eigenvalue weighted by Crippen LogP contribution is -2.14. The van der Waals surface area contributed by atoms with Gasteiger partial charge in [-0.25, -0.2) is 8.42 Å². The van der Waals surface area contributed by atoms with Crippen LogP contribution in [-0.4, -0.2) is 28.5 Å². The molecule has 0 atom stereocenters. The second-order valence-electron chi connectivity index (χ2n) is 6.43. The third-order valence-electron chi connectivity index (χ3n) is 4.30. The monoisotopic (exact) mass is 438 g/mol. The van der Waals surface area contributed by atoms with Gasteiger partial charge in [-0.1, -0.05) is 24.3 Å². The van der Waals surface area contributed by atoms with Crippen molar-refractivity contribution in [1.29, 1.82) is 0 Å². The molecule has 0 fully saturated rings. The Morgan fingerprint density at radius 2 is 1.65 bits per heavy atom. The van der Waals surface area contributed by atoms with E-state index >= 15 is 0 Å². The van der Waals surface area contributed by atoms with Crippen molar-refractivity contribution >= 4 is 33.4 Å². The highest BCUT2D eigenvalue weighted by Crippen LogP contribution is 2.26. The molecule has 3 aromatic carbocycles. The summed E-state index contributed by atoms with van der Waals surface area (Å²) in [5.41, 5.74) is 1.62. The lowest BCUT2D eigenvalue weighted by Gasteiger charge is -2.12. The molecule has 2 N–H and O–H groups in total. The molecule has 0 radical (unpaired) electrons. The number of amides is 1. The first-order chi connectivity index (χ1) is 14.9. The Balaban J connectivity index is 1.66. The van der Waals surface area contributed by atoms with Crippen LogP contribution < -0.4 is 19.5 Å². The summed E-state index contributed by atoms with van der Waals surface area (Å²) >= 11 is 0. The first-order valence-corrected chi connectivity index (χ1v) is 10.8. The number of para-hydroxylation sites is 2. The number of carbonyl (C=O) groups excluding carboxylic acids is 1. The minimum Gasteiger partial charge on any atom is -0.497 e. The zero-order chi connectivity index (χ0) is 22.3. The summed E-state index contributed by atoms with van der Waals surface area (Å²) in [5, 5.41) is 2.70. The number of carbonyl (C=O) groups is 1. The Morgan fingerprint density at radius 3 is 2.35 bits per heavy atom. The molecule has 0 saturated heterocycles. The number of ether oxygens (including phenoxy) is 2. The van der Waals surface area contributed by atoms with Gasteiger partial charge in [-0.05, 0) is 60.2 Å². The Kier molecular flexibility index (Phi) is 6.94. The van der Waals surface area contributed by atoms with Gasteiger partial charge >= 0.3 is 0 Å². The quantitative estimate of drug-likeness (QED) is 0.515. The van der Waals surface area contributed by atoms with Gasteiger partial charge < -0.3 is 14.8 Å². The maximum atomic E-state index is 12.6. The van der Waals surface area contributed by atoms with E-state index in [2.05, 4.69) is 10.0 Å². The molecular weight excluding hydrogens is 416 g/mol. The molecule has 3 aromatic rings. The molecule has 3 rings (SSSR count). The third kappa shape index (κ3) is 5.86. The number of nitrogens with one attached hydrogen (secondary N) is 2. The Bertz CT molecular complexity index is 1190. The normalized spacial score (nSPS) is 11.2. The summed E-state index contributed by atoms with van der Waals surface area (Å²) in [7, 11) is -0.772. The van der Waals surface area contributed by atoms with Gasteiger partial charge in [0.15, 0.2) is 0 Å². The SMILES string of the molecule is COc1cccc(/C=C/C(=O)Nc2ccc(S(=O)(=O)Nc3ccccc3OC)cc2)c1. The van der Waals surface area contributed by atoms with Crippen molar-refractivity contribution in [3.05, 3.63) is 84.4 Å². The number of benzene rings is 3. The lowest BCUT2D eigenvalue weighted by atomic mass is 10.2. The molecular formula is C23H22N2O5S. The Morgan fingerprint density at radius 1 is 0.903 bits per heavy atom. The fourth-order valence-corrected chi connectivity index (χ4v) is 3.82. The lowest BCUT2D eigenvalue weighted by molar-refractivity contribution is -0.111. The van der Waals surface area contributed by atoms with Crippen LogP contribution in [0.5, 0.6) is 11.5 Å². The second-order valence-corrected chi connectivity index (χ2v) is 8.11. The van der Waals surface area contributed by atoms with Crippen molar-refractivity contribution in [1.82, 2.24) is 0 Å². The van der Waals surface area contributed by atoms with Crippen LogP contribution in [0.3, 0.4) is 0 Å². The molecule has 8 heteroatoms. The molecule has 0 heterocycles. The van der Waals surface area contributed by atoms with Crippen LogP contribution in [0.2, 0.25) is 0 Å². The number of sulfonamides is 1. The van der Waals surface area contributed by atoms with Gasteiger partial charge in [-0.2, -0.15) is 0 Å². The Hall–Kier alpha value is -3.78. The highest BCUT2D eigenvalue weighted by atomic mass is 32.2. The van der Waals surface area contributed by atoms with E-state index in [4.69, 9.17) is 9.47 Å². The summed E-state index contributed by atoms with van der Waals surface area (Å²) < 4.78 is 38.1. The van der Waals surface area contributed by atoms with E-state index < -0.39 is 10.0 Å². The largest absolute Gasteiger partial charge is 0.497 e. The van der Waals surface area contributed by atoms with E-state index in [1.54, 1.807) is 43.5 Å². The van der Waals surface area contributed by atoms with Crippen LogP contribution in [0.1, 0.15) is 5.56 Å². The van der Waals surface area contributed by atoms with E-state index in [-0.39, 0.29) is 10.8 Å².